The molecular formula is C19H25FN4O. The lowest BCUT2D eigenvalue weighted by atomic mass is 9.86. The van der Waals surface area contributed by atoms with Crippen molar-refractivity contribution in [3.05, 3.63) is 29.6 Å². The molecule has 6 heteroatoms. The van der Waals surface area contributed by atoms with Crippen LogP contribution in [0.5, 0.6) is 0 Å². The van der Waals surface area contributed by atoms with Crippen molar-refractivity contribution < 1.29 is 9.18 Å². The Balaban J connectivity index is 1.70. The number of benzene rings is 1. The number of rotatable bonds is 2. The quantitative estimate of drug-likeness (QED) is 0.895. The van der Waals surface area contributed by atoms with Crippen molar-refractivity contribution in [3.63, 3.8) is 0 Å². The van der Waals surface area contributed by atoms with Crippen LogP contribution in [0.15, 0.2) is 18.2 Å². The van der Waals surface area contributed by atoms with Crippen molar-refractivity contribution in [2.24, 2.45) is 11.7 Å². The van der Waals surface area contributed by atoms with E-state index in [0.717, 1.165) is 58.2 Å². The van der Waals surface area contributed by atoms with Gasteiger partial charge < -0.3 is 15.5 Å². The first-order chi connectivity index (χ1) is 12.1. The van der Waals surface area contributed by atoms with Crippen LogP contribution < -0.4 is 10.6 Å². The minimum Gasteiger partial charge on any atom is -0.370 e. The summed E-state index contributed by atoms with van der Waals surface area (Å²) in [6.07, 6.45) is 6.17. The molecule has 2 aliphatic rings. The van der Waals surface area contributed by atoms with Crippen molar-refractivity contribution in [1.82, 2.24) is 4.90 Å². The Kier molecular flexibility index (Phi) is 5.42. The topological polar surface area (TPSA) is 73.4 Å². The molecule has 2 heterocycles. The fraction of sp³-hybridized carbons (Fsp3) is 0.579. The SMILES string of the molecule is N#Cc1c(F)cccc1N1CCC([C@H]2CCCCCN2C(N)=O)CC1. The standard InChI is InChI=1S/C19H25FN4O/c20-16-5-4-7-18(15(16)13-21)23-11-8-14(9-12-23)17-6-2-1-3-10-24(17)19(22)25/h4-5,7,14,17H,1-3,6,8-12H2,(H2,22,25)/t17-/m1/s1. The number of hydrogen-bond acceptors (Lipinski definition) is 3. The Morgan fingerprint density at radius 1 is 1.16 bits per heavy atom. The monoisotopic (exact) mass is 344 g/mol. The molecule has 1 atom stereocenters. The maximum absolute atomic E-state index is 13.9. The maximum atomic E-state index is 13.9. The van der Waals surface area contributed by atoms with E-state index in [2.05, 4.69) is 4.90 Å². The number of hydrogen-bond donors (Lipinski definition) is 1. The molecule has 2 saturated heterocycles. The van der Waals surface area contributed by atoms with Gasteiger partial charge in [0.2, 0.25) is 0 Å². The number of amides is 2. The lowest BCUT2D eigenvalue weighted by molar-refractivity contribution is 0.143. The van der Waals surface area contributed by atoms with Crippen molar-refractivity contribution in [2.45, 2.75) is 44.6 Å². The van der Waals surface area contributed by atoms with Gasteiger partial charge in [0.25, 0.3) is 0 Å². The number of likely N-dealkylation sites (tertiary alicyclic amines) is 1. The highest BCUT2D eigenvalue weighted by molar-refractivity contribution is 5.72. The molecule has 0 saturated carbocycles. The van der Waals surface area contributed by atoms with E-state index in [4.69, 9.17) is 5.73 Å². The van der Waals surface area contributed by atoms with Gasteiger partial charge in [-0.2, -0.15) is 5.26 Å². The number of halogens is 1. The third kappa shape index (κ3) is 3.71. The summed E-state index contributed by atoms with van der Waals surface area (Å²) >= 11 is 0. The van der Waals surface area contributed by atoms with Gasteiger partial charge >= 0.3 is 6.03 Å². The molecule has 5 nitrogen and oxygen atoms in total. The molecule has 0 spiro atoms. The predicted octanol–water partition coefficient (Wildman–Crippen LogP) is 3.24. The highest BCUT2D eigenvalue weighted by atomic mass is 19.1. The lowest BCUT2D eigenvalue weighted by Gasteiger charge is -2.41. The first-order valence-corrected chi connectivity index (χ1v) is 9.11. The van der Waals surface area contributed by atoms with E-state index in [9.17, 15) is 14.4 Å². The molecule has 134 valence electrons. The highest BCUT2D eigenvalue weighted by Gasteiger charge is 2.33. The van der Waals surface area contributed by atoms with Crippen molar-refractivity contribution in [1.29, 1.82) is 5.26 Å². The second-order valence-corrected chi connectivity index (χ2v) is 7.02. The third-order valence-electron chi connectivity index (χ3n) is 5.61. The lowest BCUT2D eigenvalue weighted by Crippen LogP contribution is -2.49. The summed E-state index contributed by atoms with van der Waals surface area (Å²) in [6.45, 7) is 2.29. The molecule has 2 aliphatic heterocycles. The summed E-state index contributed by atoms with van der Waals surface area (Å²) < 4.78 is 13.9. The normalized spacial score (nSPS) is 22.3. The zero-order valence-electron chi connectivity index (χ0n) is 14.5. The number of carbonyl (C=O) groups is 1. The Bertz CT molecular complexity index is 664. The summed E-state index contributed by atoms with van der Waals surface area (Å²) in [5, 5.41) is 9.24. The number of anilines is 1. The average molecular weight is 344 g/mol. The fourth-order valence-corrected chi connectivity index (χ4v) is 4.31. The van der Waals surface area contributed by atoms with E-state index in [1.807, 2.05) is 17.0 Å². The second kappa shape index (κ2) is 7.73. The molecule has 2 N–H and O–H groups in total. The Morgan fingerprint density at radius 2 is 1.92 bits per heavy atom. The minimum absolute atomic E-state index is 0.120. The van der Waals surface area contributed by atoms with Gasteiger partial charge in [0.05, 0.1) is 5.69 Å². The van der Waals surface area contributed by atoms with E-state index in [0.29, 0.717) is 11.6 Å². The van der Waals surface area contributed by atoms with Gasteiger partial charge in [-0.1, -0.05) is 18.9 Å². The number of primary amides is 1. The van der Waals surface area contributed by atoms with E-state index >= 15 is 0 Å². The van der Waals surface area contributed by atoms with Gasteiger partial charge in [-0.3, -0.25) is 0 Å². The number of nitrogens with zero attached hydrogens (tertiary/aromatic N) is 3. The Hall–Kier alpha value is -2.29. The average Bonchev–Trinajstić information content (AvgIpc) is 2.88. The number of carbonyl (C=O) groups excluding carboxylic acids is 1. The molecule has 25 heavy (non-hydrogen) atoms. The van der Waals surface area contributed by atoms with E-state index < -0.39 is 5.82 Å². The largest absolute Gasteiger partial charge is 0.370 e. The summed E-state index contributed by atoms with van der Waals surface area (Å²) in [7, 11) is 0. The van der Waals surface area contributed by atoms with Gasteiger partial charge in [-0.05, 0) is 43.7 Å². The third-order valence-corrected chi connectivity index (χ3v) is 5.61. The van der Waals surface area contributed by atoms with Crippen LogP contribution in [0.1, 0.15) is 44.1 Å². The van der Waals surface area contributed by atoms with Crippen LogP contribution in [0.25, 0.3) is 0 Å². The molecule has 0 aliphatic carbocycles. The van der Waals surface area contributed by atoms with Crippen molar-refractivity contribution in [3.8, 4) is 6.07 Å². The van der Waals surface area contributed by atoms with Crippen LogP contribution in [0, 0.1) is 23.1 Å². The zero-order valence-corrected chi connectivity index (χ0v) is 14.5. The highest BCUT2D eigenvalue weighted by Crippen LogP contribution is 2.33. The van der Waals surface area contributed by atoms with Crippen molar-refractivity contribution in [2.75, 3.05) is 24.5 Å². The molecule has 1 aromatic carbocycles. The number of nitriles is 1. The molecular weight excluding hydrogens is 319 g/mol. The van der Waals surface area contributed by atoms with Crippen LogP contribution in [-0.2, 0) is 0 Å². The minimum atomic E-state index is -0.467. The van der Waals surface area contributed by atoms with Gasteiger partial charge in [0.15, 0.2) is 0 Å². The first kappa shape index (κ1) is 17.5. The van der Waals surface area contributed by atoms with Gasteiger partial charge in [0, 0.05) is 25.7 Å². The molecule has 0 aromatic heterocycles. The summed E-state index contributed by atoms with van der Waals surface area (Å²) in [5.74, 6) is -0.0493. The van der Waals surface area contributed by atoms with Gasteiger partial charge in [-0.15, -0.1) is 0 Å². The van der Waals surface area contributed by atoms with E-state index in [1.165, 1.54) is 6.07 Å². The fourth-order valence-electron chi connectivity index (χ4n) is 4.31. The van der Waals surface area contributed by atoms with Gasteiger partial charge in [-0.25, -0.2) is 9.18 Å². The van der Waals surface area contributed by atoms with E-state index in [1.54, 1.807) is 6.07 Å². The maximum Gasteiger partial charge on any atom is 0.315 e. The summed E-state index contributed by atoms with van der Waals surface area (Å²) in [4.78, 5) is 15.8. The zero-order chi connectivity index (χ0) is 17.8. The number of nitrogens with two attached hydrogens (primary N) is 1. The second-order valence-electron chi connectivity index (χ2n) is 7.02. The molecule has 2 amide bonds. The van der Waals surface area contributed by atoms with Crippen LogP contribution >= 0.6 is 0 Å². The van der Waals surface area contributed by atoms with Crippen LogP contribution in [0.3, 0.4) is 0 Å². The first-order valence-electron chi connectivity index (χ1n) is 9.11. The van der Waals surface area contributed by atoms with Crippen LogP contribution in [-0.4, -0.2) is 36.6 Å². The van der Waals surface area contributed by atoms with E-state index in [-0.39, 0.29) is 17.6 Å². The Labute approximate surface area is 148 Å². The number of urea groups is 1. The Morgan fingerprint density at radius 3 is 2.60 bits per heavy atom. The molecule has 1 aromatic rings. The van der Waals surface area contributed by atoms with Crippen LogP contribution in [0.4, 0.5) is 14.9 Å². The summed E-state index contributed by atoms with van der Waals surface area (Å²) in [5.41, 5.74) is 6.40. The number of piperidine rings is 1. The smallest absolute Gasteiger partial charge is 0.315 e. The molecule has 0 radical (unpaired) electrons. The molecule has 2 fully saturated rings. The molecule has 3 rings (SSSR count). The van der Waals surface area contributed by atoms with Gasteiger partial charge in [0.1, 0.15) is 17.4 Å². The molecule has 0 bridgehead atoms. The predicted molar refractivity (Wildman–Crippen MR) is 94.6 cm³/mol. The summed E-state index contributed by atoms with van der Waals surface area (Å²) in [6, 6.07) is 6.66. The van der Waals surface area contributed by atoms with Crippen LogP contribution in [0.2, 0.25) is 0 Å². The van der Waals surface area contributed by atoms with Crippen molar-refractivity contribution >= 4 is 11.7 Å². The molecule has 0 unspecified atom stereocenters.